The highest BCUT2D eigenvalue weighted by Crippen LogP contribution is 2.21. The molecule has 0 saturated carbocycles. The van der Waals surface area contributed by atoms with Crippen LogP contribution in [0.15, 0.2) is 24.7 Å². The van der Waals surface area contributed by atoms with Gasteiger partial charge in [-0.1, -0.05) is 0 Å². The van der Waals surface area contributed by atoms with Gasteiger partial charge in [-0.05, 0) is 25.5 Å². The molecule has 2 aromatic rings. The molecule has 2 N–H and O–H groups in total. The Bertz CT molecular complexity index is 589. The van der Waals surface area contributed by atoms with Crippen LogP contribution in [-0.2, 0) is 0 Å². The number of aromatic nitrogens is 3. The van der Waals surface area contributed by atoms with E-state index in [1.807, 2.05) is 0 Å². The van der Waals surface area contributed by atoms with Gasteiger partial charge in [0.15, 0.2) is 10.8 Å². The van der Waals surface area contributed by atoms with E-state index in [2.05, 4.69) is 25.6 Å². The van der Waals surface area contributed by atoms with Gasteiger partial charge in [0.1, 0.15) is 4.88 Å². The van der Waals surface area contributed by atoms with Gasteiger partial charge >= 0.3 is 0 Å². The normalized spacial score (nSPS) is 16.5. The molecule has 3 heterocycles. The number of halogens is 2. The fourth-order valence-electron chi connectivity index (χ4n) is 2.13. The summed E-state index contributed by atoms with van der Waals surface area (Å²) in [7, 11) is 0. The van der Waals surface area contributed by atoms with Crippen LogP contribution in [0.3, 0.4) is 0 Å². The lowest BCUT2D eigenvalue weighted by molar-refractivity contribution is 0.0954. The van der Waals surface area contributed by atoms with Gasteiger partial charge in [0.25, 0.3) is 5.91 Å². The van der Waals surface area contributed by atoms with E-state index in [9.17, 15) is 4.79 Å². The second kappa shape index (κ2) is 8.99. The highest BCUT2D eigenvalue weighted by molar-refractivity contribution is 7.16. The first-order chi connectivity index (χ1) is 9.83. The Balaban J connectivity index is 0.00000121. The number of hydrogen-bond acceptors (Lipinski definition) is 6. The number of carbonyl (C=O) groups excluding carboxylic acids is 1. The summed E-state index contributed by atoms with van der Waals surface area (Å²) in [6, 6.07) is 2.14. The molecule has 0 spiro atoms. The summed E-state index contributed by atoms with van der Waals surface area (Å²) in [5.41, 5.74) is 0. The molecule has 9 heteroatoms. The molecule has 0 radical (unpaired) electrons. The first kappa shape index (κ1) is 18.8. The van der Waals surface area contributed by atoms with Crippen molar-refractivity contribution in [2.45, 2.75) is 18.9 Å². The van der Waals surface area contributed by atoms with E-state index in [4.69, 9.17) is 0 Å². The summed E-state index contributed by atoms with van der Waals surface area (Å²) in [6.45, 7) is 1.70. The smallest absolute Gasteiger partial charge is 0.263 e. The Morgan fingerprint density at radius 2 is 2.09 bits per heavy atom. The topological polar surface area (TPSA) is 79.8 Å². The maximum absolute atomic E-state index is 12.0. The molecule has 1 atom stereocenters. The van der Waals surface area contributed by atoms with Gasteiger partial charge in [0, 0.05) is 25.0 Å². The minimum Gasteiger partial charge on any atom is -0.350 e. The molecule has 120 valence electrons. The lowest BCUT2D eigenvalue weighted by Crippen LogP contribution is -2.36. The molecule has 6 nitrogen and oxygen atoms in total. The largest absolute Gasteiger partial charge is 0.350 e. The number of carbonyl (C=O) groups is 1. The van der Waals surface area contributed by atoms with E-state index >= 15 is 0 Å². The molecule has 1 fully saturated rings. The molecular weight excluding hydrogens is 345 g/mol. The SMILES string of the molecule is Cl.Cl.O=C(NCC1CCCN1)c1cnc(-c2ncccn2)s1. The fraction of sp³-hybridized carbons (Fsp3) is 0.385. The summed E-state index contributed by atoms with van der Waals surface area (Å²) < 4.78 is 0. The van der Waals surface area contributed by atoms with E-state index < -0.39 is 0 Å². The van der Waals surface area contributed by atoms with Crippen LogP contribution in [0.25, 0.3) is 10.8 Å². The summed E-state index contributed by atoms with van der Waals surface area (Å²) in [6.07, 6.45) is 7.20. The zero-order valence-corrected chi connectivity index (χ0v) is 14.1. The van der Waals surface area contributed by atoms with Crippen LogP contribution in [0.1, 0.15) is 22.5 Å². The Morgan fingerprint density at radius 3 is 2.77 bits per heavy atom. The lowest BCUT2D eigenvalue weighted by atomic mass is 10.2. The number of thiazole rings is 1. The molecular formula is C13H17Cl2N5OS. The second-order valence-electron chi connectivity index (χ2n) is 4.61. The molecule has 0 bridgehead atoms. The van der Waals surface area contributed by atoms with E-state index in [0.29, 0.717) is 28.3 Å². The standard InChI is InChI=1S/C13H15N5OS.2ClH/c19-12(17-7-9-3-1-4-14-9)10-8-18-13(20-10)11-15-5-2-6-16-11;;/h2,5-6,8-9,14H,1,3-4,7H2,(H,17,19);2*1H. The van der Waals surface area contributed by atoms with Crippen LogP contribution in [0.2, 0.25) is 0 Å². The summed E-state index contributed by atoms with van der Waals surface area (Å²) in [5, 5.41) is 6.94. The quantitative estimate of drug-likeness (QED) is 0.869. The van der Waals surface area contributed by atoms with Crippen LogP contribution < -0.4 is 10.6 Å². The number of hydrogen-bond donors (Lipinski definition) is 2. The molecule has 0 aliphatic carbocycles. The third kappa shape index (κ3) is 4.61. The number of rotatable bonds is 4. The average molecular weight is 362 g/mol. The summed E-state index contributed by atoms with van der Waals surface area (Å²) in [4.78, 5) is 25.1. The van der Waals surface area contributed by atoms with Gasteiger partial charge in [-0.2, -0.15) is 0 Å². The predicted octanol–water partition coefficient (Wildman–Crippen LogP) is 1.93. The highest BCUT2D eigenvalue weighted by Gasteiger charge is 2.17. The summed E-state index contributed by atoms with van der Waals surface area (Å²) >= 11 is 1.31. The lowest BCUT2D eigenvalue weighted by Gasteiger charge is -2.10. The Kier molecular flexibility index (Phi) is 7.67. The van der Waals surface area contributed by atoms with Crippen LogP contribution in [0, 0.1) is 0 Å². The third-order valence-corrected chi connectivity index (χ3v) is 4.15. The van der Waals surface area contributed by atoms with Crippen molar-refractivity contribution in [3.63, 3.8) is 0 Å². The average Bonchev–Trinajstić information content (AvgIpc) is 3.17. The number of amides is 1. The van der Waals surface area contributed by atoms with Gasteiger partial charge < -0.3 is 10.6 Å². The molecule has 1 aliphatic rings. The van der Waals surface area contributed by atoms with E-state index in [1.54, 1.807) is 24.7 Å². The maximum atomic E-state index is 12.0. The Hall–Kier alpha value is -1.28. The Labute approximate surface area is 145 Å². The van der Waals surface area contributed by atoms with Crippen LogP contribution >= 0.6 is 36.2 Å². The molecule has 3 rings (SSSR count). The molecule has 1 unspecified atom stereocenters. The van der Waals surface area contributed by atoms with E-state index in [-0.39, 0.29) is 30.7 Å². The zero-order valence-electron chi connectivity index (χ0n) is 11.7. The van der Waals surface area contributed by atoms with Gasteiger partial charge in [0.05, 0.1) is 6.20 Å². The van der Waals surface area contributed by atoms with Crippen molar-refractivity contribution in [2.24, 2.45) is 0 Å². The van der Waals surface area contributed by atoms with Crippen molar-refractivity contribution in [3.05, 3.63) is 29.5 Å². The van der Waals surface area contributed by atoms with Crippen molar-refractivity contribution < 1.29 is 4.79 Å². The maximum Gasteiger partial charge on any atom is 0.263 e. The molecule has 2 aromatic heterocycles. The van der Waals surface area contributed by atoms with Gasteiger partial charge in [-0.25, -0.2) is 15.0 Å². The van der Waals surface area contributed by atoms with Gasteiger partial charge in [-0.15, -0.1) is 36.2 Å². The molecule has 1 amide bonds. The molecule has 0 aromatic carbocycles. The second-order valence-corrected chi connectivity index (χ2v) is 5.64. The minimum absolute atomic E-state index is 0. The predicted molar refractivity (Wildman–Crippen MR) is 91.0 cm³/mol. The van der Waals surface area contributed by atoms with Crippen molar-refractivity contribution >= 4 is 42.1 Å². The zero-order chi connectivity index (χ0) is 13.8. The van der Waals surface area contributed by atoms with Crippen LogP contribution in [-0.4, -0.2) is 40.0 Å². The van der Waals surface area contributed by atoms with Crippen LogP contribution in [0.5, 0.6) is 0 Å². The van der Waals surface area contributed by atoms with Gasteiger partial charge in [-0.3, -0.25) is 4.79 Å². The highest BCUT2D eigenvalue weighted by atomic mass is 35.5. The van der Waals surface area contributed by atoms with Crippen molar-refractivity contribution in [2.75, 3.05) is 13.1 Å². The van der Waals surface area contributed by atoms with Gasteiger partial charge in [0.2, 0.25) is 0 Å². The van der Waals surface area contributed by atoms with Crippen molar-refractivity contribution in [3.8, 4) is 10.8 Å². The molecule has 22 heavy (non-hydrogen) atoms. The first-order valence-corrected chi connectivity index (χ1v) is 7.39. The van der Waals surface area contributed by atoms with Crippen molar-refractivity contribution in [1.82, 2.24) is 25.6 Å². The molecule has 1 aliphatic heterocycles. The fourth-order valence-corrected chi connectivity index (χ4v) is 2.91. The Morgan fingerprint density at radius 1 is 1.32 bits per heavy atom. The van der Waals surface area contributed by atoms with Crippen molar-refractivity contribution in [1.29, 1.82) is 0 Å². The van der Waals surface area contributed by atoms with Crippen LogP contribution in [0.4, 0.5) is 0 Å². The minimum atomic E-state index is -0.0848. The van der Waals surface area contributed by atoms with E-state index in [0.717, 1.165) is 13.0 Å². The third-order valence-electron chi connectivity index (χ3n) is 3.16. The number of nitrogens with zero attached hydrogens (tertiary/aromatic N) is 3. The van der Waals surface area contributed by atoms with E-state index in [1.165, 1.54) is 17.8 Å². The number of nitrogens with one attached hydrogen (secondary N) is 2. The monoisotopic (exact) mass is 361 g/mol. The first-order valence-electron chi connectivity index (χ1n) is 6.58. The summed E-state index contributed by atoms with van der Waals surface area (Å²) in [5.74, 6) is 0.465. The molecule has 1 saturated heterocycles.